The van der Waals surface area contributed by atoms with E-state index in [4.69, 9.17) is 16.6 Å². The molecule has 0 N–H and O–H groups in total. The van der Waals surface area contributed by atoms with E-state index in [0.717, 1.165) is 42.6 Å². The van der Waals surface area contributed by atoms with Crippen molar-refractivity contribution in [3.63, 3.8) is 0 Å². The molecule has 0 saturated heterocycles. The number of aromatic nitrogens is 3. The maximum Gasteiger partial charge on any atom is 0.282 e. The number of fused-ring (bicyclic) bond motifs is 1. The van der Waals surface area contributed by atoms with Gasteiger partial charge in [-0.15, -0.1) is 0 Å². The lowest BCUT2D eigenvalue weighted by atomic mass is 10.0. The van der Waals surface area contributed by atoms with Crippen molar-refractivity contribution >= 4 is 35.1 Å². The fraction of sp³-hybridized carbons (Fsp3) is 0.304. The Bertz CT molecular complexity index is 1090. The van der Waals surface area contributed by atoms with E-state index in [1.807, 2.05) is 38.1 Å². The third kappa shape index (κ3) is 4.20. The van der Waals surface area contributed by atoms with Crippen molar-refractivity contribution in [2.24, 2.45) is 0 Å². The second-order valence-corrected chi connectivity index (χ2v) is 9.23. The smallest absolute Gasteiger partial charge is 0.282 e. The molecule has 0 saturated carbocycles. The molecule has 7 heteroatoms. The van der Waals surface area contributed by atoms with Crippen LogP contribution < -0.4 is 0 Å². The third-order valence-corrected chi connectivity index (χ3v) is 6.52. The number of Topliss-reactive ketones (excluding diaryl/α,β-unsaturated/α-hetero) is 1. The largest absolute Gasteiger partial charge is 0.293 e. The van der Waals surface area contributed by atoms with Gasteiger partial charge in [0.15, 0.2) is 10.9 Å². The molecule has 1 aliphatic rings. The minimum atomic E-state index is -0.374. The van der Waals surface area contributed by atoms with Gasteiger partial charge in [0.2, 0.25) is 0 Å². The fourth-order valence-electron chi connectivity index (χ4n) is 3.59. The molecule has 30 heavy (non-hydrogen) atoms. The Hall–Kier alpha value is -2.44. The number of halogens is 1. The molecule has 0 fully saturated rings. The minimum Gasteiger partial charge on any atom is -0.293 e. The molecule has 0 radical (unpaired) electrons. The van der Waals surface area contributed by atoms with Crippen molar-refractivity contribution in [3.05, 3.63) is 75.8 Å². The summed E-state index contributed by atoms with van der Waals surface area (Å²) in [7, 11) is 0. The second-order valence-electron chi connectivity index (χ2n) is 7.49. The van der Waals surface area contributed by atoms with Gasteiger partial charge < -0.3 is 0 Å². The zero-order valence-electron chi connectivity index (χ0n) is 16.9. The predicted molar refractivity (Wildman–Crippen MR) is 119 cm³/mol. The highest BCUT2D eigenvalue weighted by molar-refractivity contribution is 8.00. The summed E-state index contributed by atoms with van der Waals surface area (Å²) in [6.45, 7) is 3.85. The number of ketones is 1. The van der Waals surface area contributed by atoms with Gasteiger partial charge in [0.05, 0.1) is 16.0 Å². The number of hydrogen-bond donors (Lipinski definition) is 0. The summed E-state index contributed by atoms with van der Waals surface area (Å²) in [4.78, 5) is 35.1. The number of benzene rings is 1. The van der Waals surface area contributed by atoms with Crippen LogP contribution in [0.5, 0.6) is 0 Å². The Labute approximate surface area is 184 Å². The van der Waals surface area contributed by atoms with Crippen LogP contribution in [0.25, 0.3) is 0 Å². The standard InChI is InChI=1S/C23H22ClN3O2S/c1-14-7-9-16(10-8-14)21(28)15(2)30-23-26-18-5-3-4-6-20(18)27(23)22(29)19-12-11-17(24)13-25-19/h7-13,15H,3-6H2,1-2H3/t15-/m0/s1. The third-order valence-electron chi connectivity index (χ3n) is 5.24. The van der Waals surface area contributed by atoms with Gasteiger partial charge in [-0.1, -0.05) is 53.2 Å². The van der Waals surface area contributed by atoms with Gasteiger partial charge in [-0.3, -0.25) is 14.2 Å². The molecule has 0 unspecified atom stereocenters. The number of thioether (sulfide) groups is 1. The second kappa shape index (κ2) is 8.74. The van der Waals surface area contributed by atoms with Crippen LogP contribution in [0.2, 0.25) is 5.02 Å². The average Bonchev–Trinajstić information content (AvgIpc) is 3.11. The van der Waals surface area contributed by atoms with Crippen LogP contribution in [0.3, 0.4) is 0 Å². The topological polar surface area (TPSA) is 64.8 Å². The van der Waals surface area contributed by atoms with E-state index >= 15 is 0 Å². The lowest BCUT2D eigenvalue weighted by Crippen LogP contribution is -2.20. The van der Waals surface area contributed by atoms with Crippen molar-refractivity contribution in [2.45, 2.75) is 49.9 Å². The first-order valence-electron chi connectivity index (χ1n) is 9.98. The Morgan fingerprint density at radius 1 is 1.10 bits per heavy atom. The van der Waals surface area contributed by atoms with E-state index in [0.29, 0.717) is 21.4 Å². The Kier molecular flexibility index (Phi) is 6.06. The first-order chi connectivity index (χ1) is 14.4. The maximum atomic E-state index is 13.3. The number of rotatable bonds is 5. The first-order valence-corrected chi connectivity index (χ1v) is 11.2. The number of carbonyl (C=O) groups excluding carboxylic acids is 2. The van der Waals surface area contributed by atoms with Crippen LogP contribution in [0, 0.1) is 6.92 Å². The molecule has 3 aromatic rings. The van der Waals surface area contributed by atoms with Crippen LogP contribution in [0.1, 0.15) is 57.6 Å². The van der Waals surface area contributed by atoms with E-state index in [-0.39, 0.29) is 16.9 Å². The van der Waals surface area contributed by atoms with Crippen molar-refractivity contribution in [2.75, 3.05) is 0 Å². The molecule has 1 atom stereocenters. The highest BCUT2D eigenvalue weighted by Gasteiger charge is 2.28. The van der Waals surface area contributed by atoms with Gasteiger partial charge in [-0.2, -0.15) is 0 Å². The first kappa shape index (κ1) is 20.8. The molecule has 0 amide bonds. The van der Waals surface area contributed by atoms with E-state index in [9.17, 15) is 9.59 Å². The van der Waals surface area contributed by atoms with Crippen LogP contribution in [-0.2, 0) is 12.8 Å². The lowest BCUT2D eigenvalue weighted by Gasteiger charge is -2.15. The van der Waals surface area contributed by atoms with Gasteiger partial charge >= 0.3 is 0 Å². The molecular formula is C23H22ClN3O2S. The number of carbonyl (C=O) groups is 2. The summed E-state index contributed by atoms with van der Waals surface area (Å²) < 4.78 is 1.65. The molecule has 1 aliphatic carbocycles. The highest BCUT2D eigenvalue weighted by atomic mass is 35.5. The lowest BCUT2D eigenvalue weighted by molar-refractivity contribution is 0.0938. The summed E-state index contributed by atoms with van der Waals surface area (Å²) in [5.41, 5.74) is 3.95. The number of pyridine rings is 1. The van der Waals surface area contributed by atoms with Gasteiger partial charge in [-0.25, -0.2) is 9.97 Å². The summed E-state index contributed by atoms with van der Waals surface area (Å²) in [5, 5.41) is 0.657. The summed E-state index contributed by atoms with van der Waals surface area (Å²) in [6.07, 6.45) is 5.18. The van der Waals surface area contributed by atoms with Crippen molar-refractivity contribution in [1.29, 1.82) is 0 Å². The quantitative estimate of drug-likeness (QED) is 0.405. The highest BCUT2D eigenvalue weighted by Crippen LogP contribution is 2.31. The molecule has 4 rings (SSSR count). The van der Waals surface area contributed by atoms with Gasteiger partial charge in [0, 0.05) is 17.5 Å². The van der Waals surface area contributed by atoms with Crippen LogP contribution in [-0.4, -0.2) is 31.5 Å². The van der Waals surface area contributed by atoms with Crippen LogP contribution in [0.15, 0.2) is 47.8 Å². The number of imidazole rings is 1. The van der Waals surface area contributed by atoms with Crippen molar-refractivity contribution in [3.8, 4) is 0 Å². The molecule has 5 nitrogen and oxygen atoms in total. The molecule has 2 heterocycles. The normalized spacial score (nSPS) is 14.2. The van der Waals surface area contributed by atoms with Crippen LogP contribution >= 0.6 is 23.4 Å². The number of aryl methyl sites for hydroxylation is 2. The minimum absolute atomic E-state index is 0.0181. The average molecular weight is 440 g/mol. The predicted octanol–water partition coefficient (Wildman–Crippen LogP) is 5.17. The fourth-order valence-corrected chi connectivity index (χ4v) is 4.72. The van der Waals surface area contributed by atoms with Gasteiger partial charge in [-0.05, 0) is 51.7 Å². The number of nitrogens with zero attached hydrogens (tertiary/aromatic N) is 3. The van der Waals surface area contributed by atoms with Crippen molar-refractivity contribution in [1.82, 2.24) is 14.5 Å². The maximum absolute atomic E-state index is 13.3. The molecule has 0 aliphatic heterocycles. The summed E-state index contributed by atoms with van der Waals surface area (Å²) in [5.74, 6) is -0.218. The van der Waals surface area contributed by atoms with Crippen molar-refractivity contribution < 1.29 is 9.59 Å². The zero-order valence-corrected chi connectivity index (χ0v) is 18.5. The SMILES string of the molecule is Cc1ccc(C(=O)[C@H](C)Sc2nc3c(n2C(=O)c2ccc(Cl)cn2)CCCC3)cc1. The van der Waals surface area contributed by atoms with E-state index in [1.165, 1.54) is 18.0 Å². The molecular weight excluding hydrogens is 418 g/mol. The molecule has 154 valence electrons. The Balaban J connectivity index is 1.66. The monoisotopic (exact) mass is 439 g/mol. The van der Waals surface area contributed by atoms with E-state index in [1.54, 1.807) is 16.7 Å². The number of hydrogen-bond acceptors (Lipinski definition) is 5. The van der Waals surface area contributed by atoms with Gasteiger partial charge in [0.25, 0.3) is 5.91 Å². The zero-order chi connectivity index (χ0) is 21.3. The molecule has 0 spiro atoms. The molecule has 1 aromatic carbocycles. The van der Waals surface area contributed by atoms with Crippen LogP contribution in [0.4, 0.5) is 0 Å². The Morgan fingerprint density at radius 3 is 2.53 bits per heavy atom. The summed E-state index contributed by atoms with van der Waals surface area (Å²) >= 11 is 7.25. The Morgan fingerprint density at radius 2 is 1.83 bits per heavy atom. The van der Waals surface area contributed by atoms with Gasteiger partial charge in [0.1, 0.15) is 5.69 Å². The molecule has 0 bridgehead atoms. The van der Waals surface area contributed by atoms with E-state index in [2.05, 4.69) is 4.98 Å². The summed E-state index contributed by atoms with van der Waals surface area (Å²) in [6, 6.07) is 10.8. The van der Waals surface area contributed by atoms with E-state index < -0.39 is 0 Å². The molecule has 2 aromatic heterocycles.